The monoisotopic (exact) mass is 280 g/mol. The van der Waals surface area contributed by atoms with Gasteiger partial charge in [0.25, 0.3) is 0 Å². The molecule has 0 saturated carbocycles. The summed E-state index contributed by atoms with van der Waals surface area (Å²) >= 11 is 1.32. The first-order valence-electron chi connectivity index (χ1n) is 5.22. The van der Waals surface area contributed by atoms with Crippen LogP contribution in [-0.4, -0.2) is 15.7 Å². The molecule has 0 aliphatic heterocycles. The minimum absolute atomic E-state index is 0.0202. The molecule has 0 radical (unpaired) electrons. The fourth-order valence-electron chi connectivity index (χ4n) is 1.66. The average molecular weight is 280 g/mol. The topological polar surface area (TPSA) is 43.6 Å². The minimum atomic E-state index is -0.760. The standard InChI is InChI=1S/C12H6F2N2O2S/c13-7-3-8(14)5-9(4-7)18-11-10(6-17)16-1-2-19-12(16)15-11/h1-6H. The summed E-state index contributed by atoms with van der Waals surface area (Å²) in [6.07, 6.45) is 2.24. The third-order valence-corrected chi connectivity index (χ3v) is 3.18. The number of rotatable bonds is 3. The molecule has 0 aliphatic carbocycles. The lowest BCUT2D eigenvalue weighted by Crippen LogP contribution is -1.93. The van der Waals surface area contributed by atoms with Crippen LogP contribution in [0.15, 0.2) is 29.8 Å². The molecule has 7 heteroatoms. The number of carbonyl (C=O) groups excluding carboxylic acids is 1. The van der Waals surface area contributed by atoms with E-state index in [-0.39, 0.29) is 17.3 Å². The lowest BCUT2D eigenvalue weighted by atomic mass is 10.3. The number of imidazole rings is 1. The SMILES string of the molecule is O=Cc1c(Oc2cc(F)cc(F)c2)nc2sccn12. The van der Waals surface area contributed by atoms with Crippen molar-refractivity contribution in [2.24, 2.45) is 0 Å². The summed E-state index contributed by atoms with van der Waals surface area (Å²) in [5.74, 6) is -1.55. The second-order valence-corrected chi connectivity index (χ2v) is 4.56. The summed E-state index contributed by atoms with van der Waals surface area (Å²) < 4.78 is 32.9. The molecular weight excluding hydrogens is 274 g/mol. The molecule has 2 aromatic heterocycles. The van der Waals surface area contributed by atoms with Crippen molar-refractivity contribution in [3.63, 3.8) is 0 Å². The average Bonchev–Trinajstić information content (AvgIpc) is 2.87. The highest BCUT2D eigenvalue weighted by Gasteiger charge is 2.15. The zero-order chi connectivity index (χ0) is 13.4. The smallest absolute Gasteiger partial charge is 0.250 e. The van der Waals surface area contributed by atoms with Crippen LogP contribution in [-0.2, 0) is 0 Å². The summed E-state index contributed by atoms with van der Waals surface area (Å²) in [4.78, 5) is 15.7. The highest BCUT2D eigenvalue weighted by Crippen LogP contribution is 2.27. The second-order valence-electron chi connectivity index (χ2n) is 3.68. The van der Waals surface area contributed by atoms with Gasteiger partial charge in [0.05, 0.1) is 0 Å². The van der Waals surface area contributed by atoms with E-state index in [0.717, 1.165) is 18.2 Å². The van der Waals surface area contributed by atoms with Crippen molar-refractivity contribution in [2.45, 2.75) is 0 Å². The number of carbonyl (C=O) groups is 1. The zero-order valence-electron chi connectivity index (χ0n) is 9.34. The maximum absolute atomic E-state index is 13.0. The first-order chi connectivity index (χ1) is 9.17. The molecule has 3 rings (SSSR count). The number of aldehydes is 1. The molecule has 0 saturated heterocycles. The maximum atomic E-state index is 13.0. The van der Waals surface area contributed by atoms with Gasteiger partial charge in [-0.1, -0.05) is 0 Å². The van der Waals surface area contributed by atoms with E-state index in [0.29, 0.717) is 11.2 Å². The summed E-state index contributed by atoms with van der Waals surface area (Å²) in [5.41, 5.74) is 0.195. The van der Waals surface area contributed by atoms with E-state index in [1.807, 2.05) is 0 Å². The molecule has 0 N–H and O–H groups in total. The van der Waals surface area contributed by atoms with E-state index < -0.39 is 11.6 Å². The molecule has 96 valence electrons. The second kappa shape index (κ2) is 4.43. The van der Waals surface area contributed by atoms with Crippen molar-refractivity contribution < 1.29 is 18.3 Å². The van der Waals surface area contributed by atoms with Gasteiger partial charge in [0, 0.05) is 29.8 Å². The zero-order valence-corrected chi connectivity index (χ0v) is 10.2. The quantitative estimate of drug-likeness (QED) is 0.691. The molecular formula is C12H6F2N2O2S. The number of hydrogen-bond donors (Lipinski definition) is 0. The molecule has 0 bridgehead atoms. The summed E-state index contributed by atoms with van der Waals surface area (Å²) in [6.45, 7) is 0. The Morgan fingerprint density at radius 3 is 2.68 bits per heavy atom. The Morgan fingerprint density at radius 2 is 2.00 bits per heavy atom. The number of fused-ring (bicyclic) bond motifs is 1. The Morgan fingerprint density at radius 1 is 1.26 bits per heavy atom. The minimum Gasteiger partial charge on any atom is -0.437 e. The molecule has 2 heterocycles. The largest absolute Gasteiger partial charge is 0.437 e. The van der Waals surface area contributed by atoms with Gasteiger partial charge in [0.2, 0.25) is 5.88 Å². The van der Waals surface area contributed by atoms with Crippen LogP contribution in [0.4, 0.5) is 8.78 Å². The summed E-state index contributed by atoms with van der Waals surface area (Å²) in [5, 5.41) is 1.76. The molecule has 0 unspecified atom stereocenters. The van der Waals surface area contributed by atoms with E-state index in [1.54, 1.807) is 16.0 Å². The van der Waals surface area contributed by atoms with Crippen LogP contribution < -0.4 is 4.74 Å². The summed E-state index contributed by atoms with van der Waals surface area (Å²) in [6, 6.07) is 2.77. The van der Waals surface area contributed by atoms with Gasteiger partial charge in [-0.2, -0.15) is 4.98 Å². The Labute approximate surface area is 109 Å². The Hall–Kier alpha value is -2.28. The number of benzene rings is 1. The first kappa shape index (κ1) is 11.8. The van der Waals surface area contributed by atoms with Gasteiger partial charge < -0.3 is 4.74 Å². The third-order valence-electron chi connectivity index (χ3n) is 2.43. The predicted molar refractivity (Wildman–Crippen MR) is 64.9 cm³/mol. The lowest BCUT2D eigenvalue weighted by molar-refractivity contribution is 0.111. The van der Waals surface area contributed by atoms with Crippen LogP contribution in [0, 0.1) is 11.6 Å². The molecule has 4 nitrogen and oxygen atoms in total. The van der Waals surface area contributed by atoms with Crippen molar-refractivity contribution in [1.29, 1.82) is 0 Å². The van der Waals surface area contributed by atoms with Crippen LogP contribution in [0.5, 0.6) is 11.6 Å². The maximum Gasteiger partial charge on any atom is 0.250 e. The van der Waals surface area contributed by atoms with Gasteiger partial charge in [-0.25, -0.2) is 8.78 Å². The molecule has 3 aromatic rings. The fourth-order valence-corrected chi connectivity index (χ4v) is 2.38. The van der Waals surface area contributed by atoms with Gasteiger partial charge in [-0.3, -0.25) is 9.20 Å². The normalized spacial score (nSPS) is 10.8. The molecule has 0 amide bonds. The predicted octanol–water partition coefficient (Wildman–Crippen LogP) is 3.28. The van der Waals surface area contributed by atoms with Crippen LogP contribution in [0.3, 0.4) is 0 Å². The number of ether oxygens (including phenoxy) is 1. The highest BCUT2D eigenvalue weighted by atomic mass is 32.1. The molecule has 0 fully saturated rings. The van der Waals surface area contributed by atoms with Crippen LogP contribution >= 0.6 is 11.3 Å². The lowest BCUT2D eigenvalue weighted by Gasteiger charge is -2.03. The number of aromatic nitrogens is 2. The van der Waals surface area contributed by atoms with E-state index in [1.165, 1.54) is 11.3 Å². The first-order valence-corrected chi connectivity index (χ1v) is 6.10. The Balaban J connectivity index is 2.04. The van der Waals surface area contributed by atoms with Crippen molar-refractivity contribution in [3.8, 4) is 11.6 Å². The van der Waals surface area contributed by atoms with Gasteiger partial charge >= 0.3 is 0 Å². The Kier molecular flexibility index (Phi) is 2.75. The number of hydrogen-bond acceptors (Lipinski definition) is 4. The van der Waals surface area contributed by atoms with Crippen LogP contribution in [0.2, 0.25) is 0 Å². The van der Waals surface area contributed by atoms with E-state index in [4.69, 9.17) is 4.74 Å². The van der Waals surface area contributed by atoms with Crippen LogP contribution in [0.1, 0.15) is 10.5 Å². The van der Waals surface area contributed by atoms with Crippen molar-refractivity contribution >= 4 is 22.6 Å². The number of halogens is 2. The molecule has 1 aromatic carbocycles. The van der Waals surface area contributed by atoms with Crippen LogP contribution in [0.25, 0.3) is 4.96 Å². The molecule has 0 aliphatic rings. The Bertz CT molecular complexity index is 746. The number of thiazole rings is 1. The third kappa shape index (κ3) is 2.08. The van der Waals surface area contributed by atoms with Gasteiger partial charge in [-0.15, -0.1) is 11.3 Å². The van der Waals surface area contributed by atoms with Crippen molar-refractivity contribution in [3.05, 3.63) is 47.1 Å². The number of nitrogens with zero attached hydrogens (tertiary/aromatic N) is 2. The molecule has 0 atom stereocenters. The van der Waals surface area contributed by atoms with E-state index >= 15 is 0 Å². The van der Waals surface area contributed by atoms with Gasteiger partial charge in [-0.05, 0) is 0 Å². The van der Waals surface area contributed by atoms with Crippen molar-refractivity contribution in [2.75, 3.05) is 0 Å². The van der Waals surface area contributed by atoms with E-state index in [2.05, 4.69) is 4.98 Å². The summed E-state index contributed by atoms with van der Waals surface area (Å²) in [7, 11) is 0. The van der Waals surface area contributed by atoms with Crippen molar-refractivity contribution in [1.82, 2.24) is 9.38 Å². The van der Waals surface area contributed by atoms with E-state index in [9.17, 15) is 13.6 Å². The van der Waals surface area contributed by atoms with Gasteiger partial charge in [0.1, 0.15) is 17.4 Å². The fraction of sp³-hybridized carbons (Fsp3) is 0. The molecule has 0 spiro atoms. The van der Waals surface area contributed by atoms with Gasteiger partial charge in [0.15, 0.2) is 16.9 Å². The highest BCUT2D eigenvalue weighted by molar-refractivity contribution is 7.15. The molecule has 19 heavy (non-hydrogen) atoms.